The van der Waals surface area contributed by atoms with Crippen molar-refractivity contribution in [2.75, 3.05) is 6.61 Å². The van der Waals surface area contributed by atoms with E-state index in [9.17, 15) is 34.2 Å². The van der Waals surface area contributed by atoms with Gasteiger partial charge in [0.2, 0.25) is 23.6 Å². The number of aromatic nitrogens is 2. The van der Waals surface area contributed by atoms with Crippen molar-refractivity contribution in [3.8, 4) is 0 Å². The fourth-order valence-electron chi connectivity index (χ4n) is 3.00. The number of rotatable bonds is 15. The average Bonchev–Trinajstić information content (AvgIpc) is 3.26. The number of carbonyl (C=O) groups excluding carboxylic acids is 4. The average molecular weight is 484 g/mol. The van der Waals surface area contributed by atoms with Gasteiger partial charge in [-0.3, -0.25) is 19.2 Å². The summed E-state index contributed by atoms with van der Waals surface area (Å²) in [6, 6.07) is -5.05. The Morgan fingerprint density at radius 2 is 1.62 bits per heavy atom. The smallest absolute Gasteiger partial charge is 0.326 e. The maximum Gasteiger partial charge on any atom is 0.326 e. The number of aromatic amines is 1. The van der Waals surface area contributed by atoms with Crippen LogP contribution in [0.1, 0.15) is 38.8 Å². The van der Waals surface area contributed by atoms with Gasteiger partial charge in [-0.05, 0) is 18.8 Å². The number of carboxylic acids is 1. The third kappa shape index (κ3) is 9.95. The van der Waals surface area contributed by atoms with Crippen molar-refractivity contribution in [3.05, 3.63) is 18.2 Å². The van der Waals surface area contributed by atoms with E-state index in [-0.39, 0.29) is 25.2 Å². The first-order valence-corrected chi connectivity index (χ1v) is 10.7. The number of aliphatic hydroxyl groups is 1. The van der Waals surface area contributed by atoms with Crippen molar-refractivity contribution in [2.24, 2.45) is 17.4 Å². The molecule has 34 heavy (non-hydrogen) atoms. The lowest BCUT2D eigenvalue weighted by atomic mass is 10.0. The summed E-state index contributed by atoms with van der Waals surface area (Å²) in [6.07, 6.45) is 2.46. The van der Waals surface area contributed by atoms with Gasteiger partial charge < -0.3 is 42.6 Å². The molecule has 14 heteroatoms. The molecule has 0 bridgehead atoms. The molecule has 0 saturated heterocycles. The number of aliphatic carboxylic acids is 1. The van der Waals surface area contributed by atoms with E-state index in [0.717, 1.165) is 0 Å². The molecular weight excluding hydrogens is 450 g/mol. The Hall–Kier alpha value is -3.52. The van der Waals surface area contributed by atoms with E-state index in [1.165, 1.54) is 12.5 Å². The van der Waals surface area contributed by atoms with Crippen LogP contribution in [-0.4, -0.2) is 80.6 Å². The zero-order valence-corrected chi connectivity index (χ0v) is 19.1. The molecule has 14 nitrogen and oxygen atoms in total. The van der Waals surface area contributed by atoms with Crippen LogP contribution in [0.5, 0.6) is 0 Å². The van der Waals surface area contributed by atoms with Crippen molar-refractivity contribution in [3.63, 3.8) is 0 Å². The van der Waals surface area contributed by atoms with Crippen LogP contribution in [0.3, 0.4) is 0 Å². The summed E-state index contributed by atoms with van der Waals surface area (Å²) >= 11 is 0. The van der Waals surface area contributed by atoms with Crippen molar-refractivity contribution in [1.29, 1.82) is 0 Å². The van der Waals surface area contributed by atoms with Gasteiger partial charge in [0.1, 0.15) is 18.1 Å². The molecule has 0 aliphatic heterocycles. The van der Waals surface area contributed by atoms with Gasteiger partial charge in [-0.15, -0.1) is 0 Å². The van der Waals surface area contributed by atoms with Crippen LogP contribution in [0, 0.1) is 5.92 Å². The second-order valence-corrected chi connectivity index (χ2v) is 8.23. The summed E-state index contributed by atoms with van der Waals surface area (Å²) < 4.78 is 0. The lowest BCUT2D eigenvalue weighted by Gasteiger charge is -2.24. The first-order valence-electron chi connectivity index (χ1n) is 10.7. The van der Waals surface area contributed by atoms with Crippen LogP contribution in [0.25, 0.3) is 0 Å². The largest absolute Gasteiger partial charge is 0.480 e. The second kappa shape index (κ2) is 13.9. The molecule has 0 fully saturated rings. The molecule has 10 N–H and O–H groups in total. The highest BCUT2D eigenvalue weighted by Gasteiger charge is 2.30. The second-order valence-electron chi connectivity index (χ2n) is 8.23. The van der Waals surface area contributed by atoms with Gasteiger partial charge in [0.15, 0.2) is 0 Å². The van der Waals surface area contributed by atoms with Gasteiger partial charge in [-0.1, -0.05) is 13.8 Å². The molecule has 0 saturated carbocycles. The normalized spacial score (nSPS) is 14.5. The summed E-state index contributed by atoms with van der Waals surface area (Å²) in [4.78, 5) is 66.9. The van der Waals surface area contributed by atoms with Crippen molar-refractivity contribution >= 4 is 29.6 Å². The number of amides is 4. The Kier molecular flexibility index (Phi) is 11.7. The topological polar surface area (TPSA) is 243 Å². The molecule has 0 aliphatic rings. The fourth-order valence-corrected chi connectivity index (χ4v) is 3.00. The molecule has 4 unspecified atom stereocenters. The van der Waals surface area contributed by atoms with Crippen LogP contribution in [0.4, 0.5) is 0 Å². The lowest BCUT2D eigenvalue weighted by Crippen LogP contribution is -2.58. The quantitative estimate of drug-likeness (QED) is 0.127. The first kappa shape index (κ1) is 28.5. The minimum Gasteiger partial charge on any atom is -0.480 e. The summed E-state index contributed by atoms with van der Waals surface area (Å²) in [7, 11) is 0. The van der Waals surface area contributed by atoms with Crippen molar-refractivity contribution < 1.29 is 34.2 Å². The van der Waals surface area contributed by atoms with Crippen LogP contribution in [-0.2, 0) is 30.4 Å². The minimum atomic E-state index is -1.42. The third-order valence-electron chi connectivity index (χ3n) is 4.78. The molecule has 190 valence electrons. The Balaban J connectivity index is 2.90. The van der Waals surface area contributed by atoms with E-state index < -0.39 is 60.4 Å². The molecule has 4 atom stereocenters. The SMILES string of the molecule is CC(C)CC(N)C(=O)NC(CO)C(=O)NC(CCC(N)=O)C(=O)NC(Cc1cnc[nH]1)C(=O)O. The number of nitrogens with two attached hydrogens (primary N) is 2. The molecule has 1 aromatic heterocycles. The lowest BCUT2D eigenvalue weighted by molar-refractivity contribution is -0.142. The number of hydrogen-bond acceptors (Lipinski definition) is 8. The highest BCUT2D eigenvalue weighted by atomic mass is 16.4. The summed E-state index contributed by atoms with van der Waals surface area (Å²) in [5.41, 5.74) is 11.4. The summed E-state index contributed by atoms with van der Waals surface area (Å²) in [6.45, 7) is 2.94. The highest BCUT2D eigenvalue weighted by molar-refractivity contribution is 5.94. The van der Waals surface area contributed by atoms with Crippen LogP contribution < -0.4 is 27.4 Å². The van der Waals surface area contributed by atoms with Crippen LogP contribution in [0.15, 0.2) is 12.5 Å². The van der Waals surface area contributed by atoms with Crippen LogP contribution >= 0.6 is 0 Å². The molecule has 0 radical (unpaired) electrons. The predicted molar refractivity (Wildman–Crippen MR) is 119 cm³/mol. The molecule has 0 spiro atoms. The van der Waals surface area contributed by atoms with Gasteiger partial charge in [0.05, 0.1) is 19.0 Å². The Bertz CT molecular complexity index is 844. The zero-order valence-electron chi connectivity index (χ0n) is 19.1. The number of nitrogens with zero attached hydrogens (tertiary/aromatic N) is 1. The van der Waals surface area contributed by atoms with Gasteiger partial charge in [-0.2, -0.15) is 0 Å². The fraction of sp³-hybridized carbons (Fsp3) is 0.600. The number of carboxylic acid groups (broad SMARTS) is 1. The van der Waals surface area contributed by atoms with Gasteiger partial charge in [0.25, 0.3) is 0 Å². The number of aliphatic hydroxyl groups excluding tert-OH is 1. The van der Waals surface area contributed by atoms with Crippen molar-refractivity contribution in [1.82, 2.24) is 25.9 Å². The van der Waals surface area contributed by atoms with Gasteiger partial charge >= 0.3 is 5.97 Å². The van der Waals surface area contributed by atoms with E-state index in [2.05, 4.69) is 25.9 Å². The summed E-state index contributed by atoms with van der Waals surface area (Å²) in [5, 5.41) is 25.9. The van der Waals surface area contributed by atoms with E-state index in [1.54, 1.807) is 0 Å². The maximum atomic E-state index is 12.8. The van der Waals surface area contributed by atoms with E-state index in [4.69, 9.17) is 11.5 Å². The molecule has 1 rings (SSSR count). The molecule has 0 aromatic carbocycles. The van der Waals surface area contributed by atoms with E-state index in [1.807, 2.05) is 13.8 Å². The minimum absolute atomic E-state index is 0.110. The zero-order chi connectivity index (χ0) is 25.8. The predicted octanol–water partition coefficient (Wildman–Crippen LogP) is -2.88. The monoisotopic (exact) mass is 483 g/mol. The molecule has 4 amide bonds. The molecule has 0 aliphatic carbocycles. The maximum absolute atomic E-state index is 12.8. The van der Waals surface area contributed by atoms with E-state index >= 15 is 0 Å². The molecule has 1 aromatic rings. The van der Waals surface area contributed by atoms with Gasteiger partial charge in [0, 0.05) is 24.7 Å². The number of H-pyrrole nitrogens is 1. The standard InChI is InChI=1S/C20H33N7O7/c1-10(2)5-12(21)17(30)27-15(8-28)19(32)25-13(3-4-16(22)29)18(31)26-14(20(33)34)6-11-7-23-9-24-11/h7,9-10,12-15,28H,3-6,8,21H2,1-2H3,(H2,22,29)(H,23,24)(H,25,32)(H,26,31)(H,27,30)(H,33,34). The Labute approximate surface area is 196 Å². The number of imidazole rings is 1. The van der Waals surface area contributed by atoms with Gasteiger partial charge in [-0.25, -0.2) is 9.78 Å². The number of carbonyl (C=O) groups is 5. The number of hydrogen-bond donors (Lipinski definition) is 8. The summed E-state index contributed by atoms with van der Waals surface area (Å²) in [5.74, 6) is -4.42. The molecule has 1 heterocycles. The van der Waals surface area contributed by atoms with E-state index in [0.29, 0.717) is 12.1 Å². The highest BCUT2D eigenvalue weighted by Crippen LogP contribution is 2.05. The Morgan fingerprint density at radius 3 is 2.12 bits per heavy atom. The first-order chi connectivity index (χ1) is 15.9. The number of primary amides is 1. The van der Waals surface area contributed by atoms with Crippen LogP contribution in [0.2, 0.25) is 0 Å². The number of nitrogens with one attached hydrogen (secondary N) is 4. The molecular formula is C20H33N7O7. The third-order valence-corrected chi connectivity index (χ3v) is 4.78. The van der Waals surface area contributed by atoms with Crippen molar-refractivity contribution in [2.45, 2.75) is 63.7 Å². The Morgan fingerprint density at radius 1 is 1.03 bits per heavy atom.